The Hall–Kier alpha value is -2.30. The second-order valence-electron chi connectivity index (χ2n) is 6.93. The lowest BCUT2D eigenvalue weighted by Gasteiger charge is -2.11. The van der Waals surface area contributed by atoms with E-state index >= 15 is 0 Å². The molecule has 1 N–H and O–H groups in total. The van der Waals surface area contributed by atoms with Gasteiger partial charge in [-0.25, -0.2) is 8.42 Å². The van der Waals surface area contributed by atoms with Gasteiger partial charge in [-0.05, 0) is 42.8 Å². The zero-order valence-corrected chi connectivity index (χ0v) is 18.2. The molecule has 1 aliphatic rings. The molecule has 0 radical (unpaired) electrons. The summed E-state index contributed by atoms with van der Waals surface area (Å²) in [5.74, 6) is 1.35. The minimum absolute atomic E-state index is 0.00119. The van der Waals surface area contributed by atoms with E-state index in [-0.39, 0.29) is 29.2 Å². The monoisotopic (exact) mass is 466 g/mol. The fourth-order valence-corrected chi connectivity index (χ4v) is 5.77. The first kappa shape index (κ1) is 21.0. The average Bonchev–Trinajstić information content (AvgIpc) is 3.42. The van der Waals surface area contributed by atoms with Gasteiger partial charge in [0.25, 0.3) is 0 Å². The summed E-state index contributed by atoms with van der Waals surface area (Å²) in [4.78, 5) is 12.3. The predicted molar refractivity (Wildman–Crippen MR) is 114 cm³/mol. The van der Waals surface area contributed by atoms with Crippen LogP contribution in [-0.2, 0) is 21.2 Å². The molecule has 0 bridgehead atoms. The molecule has 1 saturated heterocycles. The fraction of sp³-hybridized carbons (Fsp3) is 0.316. The highest BCUT2D eigenvalue weighted by atomic mass is 35.5. The summed E-state index contributed by atoms with van der Waals surface area (Å²) >= 11 is 7.23. The number of nitrogens with one attached hydrogen (secondary N) is 1. The van der Waals surface area contributed by atoms with E-state index in [4.69, 9.17) is 16.0 Å². The van der Waals surface area contributed by atoms with Crippen molar-refractivity contribution in [2.45, 2.75) is 24.2 Å². The molecule has 1 aromatic carbocycles. The van der Waals surface area contributed by atoms with Crippen molar-refractivity contribution in [3.63, 3.8) is 0 Å². The van der Waals surface area contributed by atoms with Crippen molar-refractivity contribution in [1.29, 1.82) is 0 Å². The Kier molecular flexibility index (Phi) is 6.16. The van der Waals surface area contributed by atoms with E-state index in [1.165, 1.54) is 11.8 Å². The van der Waals surface area contributed by atoms with Gasteiger partial charge in [0.05, 0.1) is 30.1 Å². The standard InChI is InChI=1S/C19H19ClN4O4S2/c20-14-5-3-13(4-6-14)18-22-23-19(24(18)10-16-2-1-8-28-16)29-11-17(25)21-15-7-9-30(26,27)12-15/h1-6,8,15H,7,9-12H2,(H,21,25). The van der Waals surface area contributed by atoms with Crippen molar-refractivity contribution in [2.24, 2.45) is 0 Å². The van der Waals surface area contributed by atoms with E-state index < -0.39 is 9.84 Å². The van der Waals surface area contributed by atoms with Crippen LogP contribution >= 0.6 is 23.4 Å². The van der Waals surface area contributed by atoms with Crippen LogP contribution in [-0.4, -0.2) is 52.4 Å². The van der Waals surface area contributed by atoms with Crippen LogP contribution in [0.1, 0.15) is 12.2 Å². The lowest BCUT2D eigenvalue weighted by atomic mass is 10.2. The maximum atomic E-state index is 12.3. The van der Waals surface area contributed by atoms with Crippen molar-refractivity contribution in [3.05, 3.63) is 53.4 Å². The van der Waals surface area contributed by atoms with Crippen molar-refractivity contribution < 1.29 is 17.6 Å². The van der Waals surface area contributed by atoms with Crippen LogP contribution in [0.5, 0.6) is 0 Å². The van der Waals surface area contributed by atoms with Gasteiger partial charge >= 0.3 is 0 Å². The normalized spacial score (nSPS) is 17.8. The van der Waals surface area contributed by atoms with Gasteiger partial charge in [0.1, 0.15) is 5.76 Å². The van der Waals surface area contributed by atoms with Gasteiger partial charge in [0, 0.05) is 16.6 Å². The van der Waals surface area contributed by atoms with Gasteiger partial charge in [0.15, 0.2) is 20.8 Å². The molecule has 0 spiro atoms. The number of carbonyl (C=O) groups excluding carboxylic acids is 1. The molecule has 1 fully saturated rings. The van der Waals surface area contributed by atoms with Gasteiger partial charge in [0.2, 0.25) is 5.91 Å². The van der Waals surface area contributed by atoms with Gasteiger partial charge < -0.3 is 9.73 Å². The zero-order chi connectivity index (χ0) is 21.1. The van der Waals surface area contributed by atoms with E-state index in [2.05, 4.69) is 15.5 Å². The van der Waals surface area contributed by atoms with E-state index in [0.717, 1.165) is 11.3 Å². The molecule has 4 rings (SSSR count). The molecule has 158 valence electrons. The van der Waals surface area contributed by atoms with E-state index in [0.29, 0.717) is 29.0 Å². The highest BCUT2D eigenvalue weighted by Gasteiger charge is 2.29. The number of furan rings is 1. The molecular formula is C19H19ClN4O4S2. The summed E-state index contributed by atoms with van der Waals surface area (Å²) in [5.41, 5.74) is 0.839. The number of sulfone groups is 1. The Morgan fingerprint density at radius 3 is 2.73 bits per heavy atom. The van der Waals surface area contributed by atoms with Crippen molar-refractivity contribution in [1.82, 2.24) is 20.1 Å². The number of carbonyl (C=O) groups is 1. The van der Waals surface area contributed by atoms with Crippen LogP contribution in [0.3, 0.4) is 0 Å². The van der Waals surface area contributed by atoms with Gasteiger partial charge in [-0.15, -0.1) is 10.2 Å². The van der Waals surface area contributed by atoms with Crippen molar-refractivity contribution in [2.75, 3.05) is 17.3 Å². The minimum Gasteiger partial charge on any atom is -0.467 e. The van der Waals surface area contributed by atoms with E-state index in [1.54, 1.807) is 24.5 Å². The largest absolute Gasteiger partial charge is 0.467 e. The Balaban J connectivity index is 1.49. The van der Waals surface area contributed by atoms with Crippen LogP contribution in [0.15, 0.2) is 52.2 Å². The first-order valence-corrected chi connectivity index (χ1v) is 12.4. The van der Waals surface area contributed by atoms with E-state index in [9.17, 15) is 13.2 Å². The molecule has 0 saturated carbocycles. The summed E-state index contributed by atoms with van der Waals surface area (Å²) in [5, 5.41) is 12.5. The topological polar surface area (TPSA) is 107 Å². The van der Waals surface area contributed by atoms with Crippen LogP contribution in [0.4, 0.5) is 0 Å². The molecule has 1 atom stereocenters. The number of nitrogens with zero attached hydrogens (tertiary/aromatic N) is 3. The molecule has 2 aromatic heterocycles. The molecule has 3 aromatic rings. The maximum Gasteiger partial charge on any atom is 0.230 e. The molecular weight excluding hydrogens is 448 g/mol. The Bertz CT molecular complexity index is 1130. The third-order valence-electron chi connectivity index (χ3n) is 4.64. The minimum atomic E-state index is -3.04. The van der Waals surface area contributed by atoms with Gasteiger partial charge in [-0.1, -0.05) is 23.4 Å². The maximum absolute atomic E-state index is 12.3. The van der Waals surface area contributed by atoms with E-state index in [1.807, 2.05) is 22.8 Å². The van der Waals surface area contributed by atoms with Crippen LogP contribution < -0.4 is 5.32 Å². The lowest BCUT2D eigenvalue weighted by molar-refractivity contribution is -0.119. The zero-order valence-electron chi connectivity index (χ0n) is 15.8. The molecule has 1 aliphatic heterocycles. The molecule has 1 amide bonds. The van der Waals surface area contributed by atoms with Crippen molar-refractivity contribution >= 4 is 39.1 Å². The number of benzene rings is 1. The molecule has 1 unspecified atom stereocenters. The second-order valence-corrected chi connectivity index (χ2v) is 10.5. The summed E-state index contributed by atoms with van der Waals surface area (Å²) in [6, 6.07) is 10.6. The predicted octanol–water partition coefficient (Wildman–Crippen LogP) is 2.64. The number of thioether (sulfide) groups is 1. The second kappa shape index (κ2) is 8.83. The fourth-order valence-electron chi connectivity index (χ4n) is 3.22. The molecule has 8 nitrogen and oxygen atoms in total. The molecule has 11 heteroatoms. The number of amides is 1. The Morgan fingerprint density at radius 1 is 1.27 bits per heavy atom. The van der Waals surface area contributed by atoms with Crippen LogP contribution in [0, 0.1) is 0 Å². The number of halogens is 1. The molecule has 3 heterocycles. The molecule has 0 aliphatic carbocycles. The Labute approximate surface area is 182 Å². The van der Waals surface area contributed by atoms with Crippen LogP contribution in [0.25, 0.3) is 11.4 Å². The summed E-state index contributed by atoms with van der Waals surface area (Å²) < 4.78 is 30.5. The number of hydrogen-bond donors (Lipinski definition) is 1. The average molecular weight is 467 g/mol. The van der Waals surface area contributed by atoms with Gasteiger partial charge in [-0.2, -0.15) is 0 Å². The van der Waals surface area contributed by atoms with Gasteiger partial charge in [-0.3, -0.25) is 9.36 Å². The summed E-state index contributed by atoms with van der Waals surface area (Å²) in [7, 11) is -3.04. The van der Waals surface area contributed by atoms with Crippen LogP contribution in [0.2, 0.25) is 5.02 Å². The first-order valence-electron chi connectivity index (χ1n) is 9.24. The Morgan fingerprint density at radius 2 is 2.07 bits per heavy atom. The highest BCUT2D eigenvalue weighted by molar-refractivity contribution is 7.99. The quantitative estimate of drug-likeness (QED) is 0.533. The summed E-state index contributed by atoms with van der Waals surface area (Å²) in [6.45, 7) is 0.406. The number of rotatable bonds is 7. The smallest absolute Gasteiger partial charge is 0.230 e. The third kappa shape index (κ3) is 5.05. The first-order chi connectivity index (χ1) is 14.4. The number of hydrogen-bond acceptors (Lipinski definition) is 7. The SMILES string of the molecule is O=C(CSc1nnc(-c2ccc(Cl)cc2)n1Cc1ccco1)NC1CCS(=O)(=O)C1. The van der Waals surface area contributed by atoms with Crippen molar-refractivity contribution in [3.8, 4) is 11.4 Å². The lowest BCUT2D eigenvalue weighted by Crippen LogP contribution is -2.36. The summed E-state index contributed by atoms with van der Waals surface area (Å²) in [6.07, 6.45) is 2.05. The highest BCUT2D eigenvalue weighted by Crippen LogP contribution is 2.26. The molecule has 30 heavy (non-hydrogen) atoms. The third-order valence-corrected chi connectivity index (χ3v) is 7.63. The number of aromatic nitrogens is 3.